The van der Waals surface area contributed by atoms with Crippen molar-refractivity contribution >= 4 is 10.0 Å². The Kier molecular flexibility index (Phi) is 4.72. The maximum atomic E-state index is 13.5. The van der Waals surface area contributed by atoms with Gasteiger partial charge >= 0.3 is 0 Å². The summed E-state index contributed by atoms with van der Waals surface area (Å²) in [6.45, 7) is 0. The van der Waals surface area contributed by atoms with E-state index in [0.29, 0.717) is 24.9 Å². The Balaban J connectivity index is 2.10. The molecule has 1 fully saturated rings. The van der Waals surface area contributed by atoms with E-state index in [4.69, 9.17) is 0 Å². The minimum Gasteiger partial charge on any atom is -0.317 e. The molecule has 0 atom stereocenters. The van der Waals surface area contributed by atoms with Gasteiger partial charge in [-0.15, -0.1) is 0 Å². The van der Waals surface area contributed by atoms with Crippen LogP contribution in [0.2, 0.25) is 0 Å². The lowest BCUT2D eigenvalue weighted by Crippen LogP contribution is -2.41. The van der Waals surface area contributed by atoms with Gasteiger partial charge in [0, 0.05) is 12.1 Å². The Morgan fingerprint density at radius 3 is 2.30 bits per heavy atom. The average molecular weight is 304 g/mol. The van der Waals surface area contributed by atoms with Gasteiger partial charge in [0.1, 0.15) is 16.5 Å². The number of nitrogens with one attached hydrogen (secondary N) is 2. The van der Waals surface area contributed by atoms with Crippen molar-refractivity contribution in [3.05, 3.63) is 29.8 Å². The molecule has 1 saturated carbocycles. The van der Waals surface area contributed by atoms with Gasteiger partial charge in [-0.3, -0.25) is 0 Å². The first kappa shape index (κ1) is 15.3. The SMILES string of the molecule is CNC1CCC(NS(=O)(=O)c2cc(F)ccc2F)CC1. The molecule has 20 heavy (non-hydrogen) atoms. The fourth-order valence-corrected chi connectivity index (χ4v) is 3.86. The van der Waals surface area contributed by atoms with Crippen LogP contribution in [0.3, 0.4) is 0 Å². The molecule has 0 amide bonds. The van der Waals surface area contributed by atoms with Gasteiger partial charge in [0.15, 0.2) is 0 Å². The summed E-state index contributed by atoms with van der Waals surface area (Å²) in [6.07, 6.45) is 3.08. The molecule has 0 heterocycles. The number of hydrogen-bond acceptors (Lipinski definition) is 3. The summed E-state index contributed by atoms with van der Waals surface area (Å²) in [6, 6.07) is 2.58. The van der Waals surface area contributed by atoms with Crippen LogP contribution in [0, 0.1) is 11.6 Å². The molecule has 0 spiro atoms. The maximum Gasteiger partial charge on any atom is 0.243 e. The highest BCUT2D eigenvalue weighted by molar-refractivity contribution is 7.89. The second-order valence-corrected chi connectivity index (χ2v) is 6.72. The Morgan fingerprint density at radius 2 is 1.70 bits per heavy atom. The van der Waals surface area contributed by atoms with Gasteiger partial charge in [0.05, 0.1) is 0 Å². The molecule has 0 unspecified atom stereocenters. The summed E-state index contributed by atoms with van der Waals surface area (Å²) in [5.41, 5.74) is 0. The molecule has 2 N–H and O–H groups in total. The van der Waals surface area contributed by atoms with E-state index >= 15 is 0 Å². The standard InChI is InChI=1S/C13H18F2N2O2S/c1-16-10-3-5-11(6-4-10)17-20(18,19)13-8-9(14)2-7-12(13)15/h2,7-8,10-11,16-17H,3-6H2,1H3. The predicted molar refractivity (Wildman–Crippen MR) is 71.8 cm³/mol. The van der Waals surface area contributed by atoms with Crippen LogP contribution in [0.1, 0.15) is 25.7 Å². The molecule has 0 saturated heterocycles. The summed E-state index contributed by atoms with van der Waals surface area (Å²) in [5.74, 6) is -1.71. The van der Waals surface area contributed by atoms with Gasteiger partial charge in [-0.1, -0.05) is 0 Å². The van der Waals surface area contributed by atoms with Crippen molar-refractivity contribution in [3.8, 4) is 0 Å². The number of halogens is 2. The molecular weight excluding hydrogens is 286 g/mol. The molecule has 0 aromatic heterocycles. The molecule has 0 aliphatic heterocycles. The highest BCUT2D eigenvalue weighted by atomic mass is 32.2. The third-order valence-electron chi connectivity index (χ3n) is 3.64. The van der Waals surface area contributed by atoms with Crippen LogP contribution in [0.5, 0.6) is 0 Å². The predicted octanol–water partition coefficient (Wildman–Crippen LogP) is 1.77. The van der Waals surface area contributed by atoms with Gasteiger partial charge < -0.3 is 5.32 Å². The van der Waals surface area contributed by atoms with Crippen molar-refractivity contribution < 1.29 is 17.2 Å². The van der Waals surface area contributed by atoms with E-state index in [1.54, 1.807) is 0 Å². The van der Waals surface area contributed by atoms with E-state index in [1.165, 1.54) is 0 Å². The quantitative estimate of drug-likeness (QED) is 0.891. The maximum absolute atomic E-state index is 13.5. The highest BCUT2D eigenvalue weighted by Gasteiger charge is 2.27. The largest absolute Gasteiger partial charge is 0.317 e. The summed E-state index contributed by atoms with van der Waals surface area (Å²) in [7, 11) is -2.15. The fourth-order valence-electron chi connectivity index (χ4n) is 2.47. The third kappa shape index (κ3) is 3.53. The molecule has 1 aromatic carbocycles. The molecule has 1 aromatic rings. The molecule has 7 heteroatoms. The first-order valence-electron chi connectivity index (χ1n) is 6.57. The molecule has 0 radical (unpaired) electrons. The minimum absolute atomic E-state index is 0.229. The summed E-state index contributed by atoms with van der Waals surface area (Å²) < 4.78 is 53.3. The van der Waals surface area contributed by atoms with E-state index in [2.05, 4.69) is 10.0 Å². The van der Waals surface area contributed by atoms with E-state index in [9.17, 15) is 17.2 Å². The van der Waals surface area contributed by atoms with Gasteiger partial charge in [0.25, 0.3) is 0 Å². The van der Waals surface area contributed by atoms with Crippen LogP contribution in [0.15, 0.2) is 23.1 Å². The summed E-state index contributed by atoms with van der Waals surface area (Å²) in [4.78, 5) is -0.631. The average Bonchev–Trinajstić information content (AvgIpc) is 2.42. The topological polar surface area (TPSA) is 58.2 Å². The molecular formula is C13H18F2N2O2S. The monoisotopic (exact) mass is 304 g/mol. The van der Waals surface area contributed by atoms with Crippen molar-refractivity contribution in [2.75, 3.05) is 7.05 Å². The smallest absolute Gasteiger partial charge is 0.243 e. The van der Waals surface area contributed by atoms with Crippen molar-refractivity contribution in [2.24, 2.45) is 0 Å². The first-order chi connectivity index (χ1) is 9.42. The zero-order valence-electron chi connectivity index (χ0n) is 11.2. The minimum atomic E-state index is -4.02. The molecule has 1 aliphatic rings. The highest BCUT2D eigenvalue weighted by Crippen LogP contribution is 2.22. The lowest BCUT2D eigenvalue weighted by atomic mass is 9.92. The zero-order valence-corrected chi connectivity index (χ0v) is 12.0. The van der Waals surface area contributed by atoms with Crippen molar-refractivity contribution in [1.29, 1.82) is 0 Å². The number of sulfonamides is 1. The Hall–Kier alpha value is -1.05. The molecule has 1 aliphatic carbocycles. The number of rotatable bonds is 4. The van der Waals surface area contributed by atoms with Crippen LogP contribution in [-0.4, -0.2) is 27.5 Å². The van der Waals surface area contributed by atoms with E-state index in [-0.39, 0.29) is 6.04 Å². The number of hydrogen-bond donors (Lipinski definition) is 2. The van der Waals surface area contributed by atoms with E-state index < -0.39 is 26.6 Å². The van der Waals surface area contributed by atoms with Crippen molar-refractivity contribution in [3.63, 3.8) is 0 Å². The summed E-state index contributed by atoms with van der Waals surface area (Å²) in [5, 5.41) is 3.15. The first-order valence-corrected chi connectivity index (χ1v) is 8.05. The lowest BCUT2D eigenvalue weighted by molar-refractivity contribution is 0.342. The second-order valence-electron chi connectivity index (χ2n) is 5.03. The zero-order chi connectivity index (χ0) is 14.8. The van der Waals surface area contributed by atoms with Crippen LogP contribution in [0.4, 0.5) is 8.78 Å². The summed E-state index contributed by atoms with van der Waals surface area (Å²) >= 11 is 0. The lowest BCUT2D eigenvalue weighted by Gasteiger charge is -2.28. The van der Waals surface area contributed by atoms with Crippen LogP contribution >= 0.6 is 0 Å². The molecule has 112 valence electrons. The second kappa shape index (κ2) is 6.15. The van der Waals surface area contributed by atoms with Crippen molar-refractivity contribution in [1.82, 2.24) is 10.0 Å². The third-order valence-corrected chi connectivity index (χ3v) is 5.18. The van der Waals surface area contributed by atoms with Crippen LogP contribution in [0.25, 0.3) is 0 Å². The van der Waals surface area contributed by atoms with E-state index in [1.807, 2.05) is 7.05 Å². The van der Waals surface area contributed by atoms with Crippen molar-refractivity contribution in [2.45, 2.75) is 42.7 Å². The molecule has 2 rings (SSSR count). The van der Waals surface area contributed by atoms with Gasteiger partial charge in [-0.05, 0) is 50.9 Å². The Bertz CT molecular complexity index is 570. The van der Waals surface area contributed by atoms with Gasteiger partial charge in [-0.25, -0.2) is 21.9 Å². The fraction of sp³-hybridized carbons (Fsp3) is 0.538. The van der Waals surface area contributed by atoms with Crippen LogP contribution in [-0.2, 0) is 10.0 Å². The number of benzene rings is 1. The van der Waals surface area contributed by atoms with Gasteiger partial charge in [-0.2, -0.15) is 0 Å². The Labute approximate surface area is 117 Å². The van der Waals surface area contributed by atoms with E-state index in [0.717, 1.165) is 25.0 Å². The van der Waals surface area contributed by atoms with Gasteiger partial charge in [0.2, 0.25) is 10.0 Å². The normalized spacial score (nSPS) is 23.8. The van der Waals surface area contributed by atoms with Crippen LogP contribution < -0.4 is 10.0 Å². The molecule has 4 nitrogen and oxygen atoms in total. The Morgan fingerprint density at radius 1 is 1.10 bits per heavy atom. The molecule has 0 bridgehead atoms.